The smallest absolute Gasteiger partial charge is 0.220 e. The van der Waals surface area contributed by atoms with Crippen LogP contribution in [0.15, 0.2) is 29.2 Å². The van der Waals surface area contributed by atoms with E-state index in [1.807, 2.05) is 16.8 Å². The predicted molar refractivity (Wildman–Crippen MR) is 76.7 cm³/mol. The molecule has 0 atom stereocenters. The molecule has 100 valence electrons. The van der Waals surface area contributed by atoms with E-state index in [1.165, 1.54) is 0 Å². The normalized spacial score (nSPS) is 10.4. The topological polar surface area (TPSA) is 54.9 Å². The Balaban J connectivity index is 2.03. The molecule has 0 spiro atoms. The van der Waals surface area contributed by atoms with E-state index in [1.54, 1.807) is 23.7 Å². The first-order chi connectivity index (χ1) is 9.31. The van der Waals surface area contributed by atoms with Crippen molar-refractivity contribution < 1.29 is 4.79 Å². The van der Waals surface area contributed by atoms with Gasteiger partial charge in [0.15, 0.2) is 0 Å². The first-order valence-corrected chi connectivity index (χ1v) is 7.34. The number of aromatic nitrogens is 2. The van der Waals surface area contributed by atoms with Crippen molar-refractivity contribution in [3.8, 4) is 11.3 Å². The Bertz CT molecular complexity index is 525. The Kier molecular flexibility index (Phi) is 5.03. The van der Waals surface area contributed by atoms with Crippen LogP contribution in [0.2, 0.25) is 0 Å². The SMILES string of the molecule is CCCCC(=O)NCc1nccnc1-c1ccsc1. The lowest BCUT2D eigenvalue weighted by atomic mass is 10.2. The summed E-state index contributed by atoms with van der Waals surface area (Å²) in [6, 6.07) is 2.01. The molecule has 2 aromatic rings. The number of hydrogen-bond acceptors (Lipinski definition) is 4. The van der Waals surface area contributed by atoms with Crippen LogP contribution in [0.4, 0.5) is 0 Å². The molecule has 4 nitrogen and oxygen atoms in total. The van der Waals surface area contributed by atoms with Gasteiger partial charge in [0.25, 0.3) is 0 Å². The van der Waals surface area contributed by atoms with Gasteiger partial charge < -0.3 is 5.32 Å². The molecule has 0 aliphatic rings. The largest absolute Gasteiger partial charge is 0.350 e. The zero-order valence-corrected chi connectivity index (χ0v) is 11.7. The van der Waals surface area contributed by atoms with Crippen LogP contribution in [0.1, 0.15) is 31.9 Å². The van der Waals surface area contributed by atoms with E-state index >= 15 is 0 Å². The Morgan fingerprint density at radius 3 is 2.95 bits per heavy atom. The van der Waals surface area contributed by atoms with Crippen molar-refractivity contribution >= 4 is 17.2 Å². The predicted octanol–water partition coefficient (Wildman–Crippen LogP) is 3.01. The molecular weight excluding hydrogens is 258 g/mol. The van der Waals surface area contributed by atoms with Crippen LogP contribution < -0.4 is 5.32 Å². The van der Waals surface area contributed by atoms with Gasteiger partial charge in [-0.3, -0.25) is 14.8 Å². The van der Waals surface area contributed by atoms with Crippen LogP contribution in [0, 0.1) is 0 Å². The average Bonchev–Trinajstić information content (AvgIpc) is 2.97. The van der Waals surface area contributed by atoms with Crippen molar-refractivity contribution in [1.82, 2.24) is 15.3 Å². The highest BCUT2D eigenvalue weighted by Gasteiger charge is 2.09. The maximum atomic E-state index is 11.6. The molecule has 19 heavy (non-hydrogen) atoms. The third-order valence-corrected chi connectivity index (χ3v) is 3.46. The molecule has 0 aliphatic carbocycles. The van der Waals surface area contributed by atoms with Crippen LogP contribution >= 0.6 is 11.3 Å². The van der Waals surface area contributed by atoms with Crippen molar-refractivity contribution in [2.45, 2.75) is 32.7 Å². The molecule has 2 rings (SSSR count). The first-order valence-electron chi connectivity index (χ1n) is 6.40. The standard InChI is InChI=1S/C14H17N3OS/c1-2-3-4-13(18)17-9-12-14(16-7-6-15-12)11-5-8-19-10-11/h5-8,10H,2-4,9H2,1H3,(H,17,18). The second-order valence-electron chi connectivity index (χ2n) is 4.24. The van der Waals surface area contributed by atoms with Crippen LogP contribution in [0.3, 0.4) is 0 Å². The summed E-state index contributed by atoms with van der Waals surface area (Å²) in [6.45, 7) is 2.51. The molecule has 2 heterocycles. The van der Waals surface area contributed by atoms with Crippen LogP contribution in [0.5, 0.6) is 0 Å². The Morgan fingerprint density at radius 1 is 1.37 bits per heavy atom. The maximum Gasteiger partial charge on any atom is 0.220 e. The van der Waals surface area contributed by atoms with E-state index in [2.05, 4.69) is 22.2 Å². The molecule has 0 aliphatic heterocycles. The van der Waals surface area contributed by atoms with E-state index in [4.69, 9.17) is 0 Å². The summed E-state index contributed by atoms with van der Waals surface area (Å²) in [5, 5.41) is 6.94. The van der Waals surface area contributed by atoms with Gasteiger partial charge >= 0.3 is 0 Å². The van der Waals surface area contributed by atoms with Gasteiger partial charge in [-0.2, -0.15) is 11.3 Å². The quantitative estimate of drug-likeness (QED) is 0.881. The second kappa shape index (κ2) is 6.99. The molecule has 0 unspecified atom stereocenters. The molecule has 0 radical (unpaired) electrons. The molecular formula is C14H17N3OS. The molecule has 0 saturated carbocycles. The minimum atomic E-state index is 0.0729. The zero-order valence-electron chi connectivity index (χ0n) is 10.9. The highest BCUT2D eigenvalue weighted by Crippen LogP contribution is 2.22. The molecule has 1 N–H and O–H groups in total. The van der Waals surface area contributed by atoms with Crippen molar-refractivity contribution in [3.63, 3.8) is 0 Å². The Hall–Kier alpha value is -1.75. The van der Waals surface area contributed by atoms with E-state index in [-0.39, 0.29) is 5.91 Å². The third-order valence-electron chi connectivity index (χ3n) is 2.78. The average molecular weight is 275 g/mol. The van der Waals surface area contributed by atoms with Gasteiger partial charge in [0.05, 0.1) is 17.9 Å². The van der Waals surface area contributed by atoms with Gasteiger partial charge in [-0.1, -0.05) is 13.3 Å². The summed E-state index contributed by atoms with van der Waals surface area (Å²) in [4.78, 5) is 20.3. The molecule has 1 amide bonds. The summed E-state index contributed by atoms with van der Waals surface area (Å²) < 4.78 is 0. The van der Waals surface area contributed by atoms with E-state index in [9.17, 15) is 4.79 Å². The third kappa shape index (κ3) is 3.86. The van der Waals surface area contributed by atoms with E-state index in [0.29, 0.717) is 13.0 Å². The Labute approximate surface area is 116 Å². The van der Waals surface area contributed by atoms with E-state index < -0.39 is 0 Å². The van der Waals surface area contributed by atoms with Crippen LogP contribution in [0.25, 0.3) is 11.3 Å². The number of hydrogen-bond donors (Lipinski definition) is 1. The number of nitrogens with one attached hydrogen (secondary N) is 1. The van der Waals surface area contributed by atoms with Crippen molar-refractivity contribution in [3.05, 3.63) is 34.9 Å². The van der Waals surface area contributed by atoms with Gasteiger partial charge in [0, 0.05) is 29.8 Å². The highest BCUT2D eigenvalue weighted by atomic mass is 32.1. The summed E-state index contributed by atoms with van der Waals surface area (Å²) in [5.41, 5.74) is 2.71. The number of unbranched alkanes of at least 4 members (excludes halogenated alkanes) is 1. The summed E-state index contributed by atoms with van der Waals surface area (Å²) in [5.74, 6) is 0.0729. The number of nitrogens with zero attached hydrogens (tertiary/aromatic N) is 2. The van der Waals surface area contributed by atoms with Gasteiger partial charge in [0.1, 0.15) is 0 Å². The fourth-order valence-corrected chi connectivity index (χ4v) is 2.39. The van der Waals surface area contributed by atoms with Crippen molar-refractivity contribution in [1.29, 1.82) is 0 Å². The number of carbonyl (C=O) groups is 1. The van der Waals surface area contributed by atoms with Crippen LogP contribution in [-0.2, 0) is 11.3 Å². The number of carbonyl (C=O) groups excluding carboxylic acids is 1. The highest BCUT2D eigenvalue weighted by molar-refractivity contribution is 7.08. The monoisotopic (exact) mass is 275 g/mol. The van der Waals surface area contributed by atoms with Gasteiger partial charge in [-0.25, -0.2) is 0 Å². The minimum Gasteiger partial charge on any atom is -0.350 e. The number of rotatable bonds is 6. The van der Waals surface area contributed by atoms with Gasteiger partial charge in [0.2, 0.25) is 5.91 Å². The molecule has 0 bridgehead atoms. The summed E-state index contributed by atoms with van der Waals surface area (Å²) in [6.07, 6.45) is 5.85. The zero-order chi connectivity index (χ0) is 13.5. The summed E-state index contributed by atoms with van der Waals surface area (Å²) in [7, 11) is 0. The molecule has 0 saturated heterocycles. The van der Waals surface area contributed by atoms with Crippen molar-refractivity contribution in [2.24, 2.45) is 0 Å². The first kappa shape index (κ1) is 13.7. The number of thiophene rings is 1. The minimum absolute atomic E-state index is 0.0729. The van der Waals surface area contributed by atoms with E-state index in [0.717, 1.165) is 29.8 Å². The fourth-order valence-electron chi connectivity index (χ4n) is 1.74. The lowest BCUT2D eigenvalue weighted by Gasteiger charge is -2.07. The number of amides is 1. The summed E-state index contributed by atoms with van der Waals surface area (Å²) >= 11 is 1.62. The molecule has 5 heteroatoms. The lowest BCUT2D eigenvalue weighted by molar-refractivity contribution is -0.121. The molecule has 2 aromatic heterocycles. The van der Waals surface area contributed by atoms with Crippen LogP contribution in [-0.4, -0.2) is 15.9 Å². The van der Waals surface area contributed by atoms with Crippen molar-refractivity contribution in [2.75, 3.05) is 0 Å². The molecule has 0 fully saturated rings. The second-order valence-corrected chi connectivity index (χ2v) is 5.02. The fraction of sp³-hybridized carbons (Fsp3) is 0.357. The van der Waals surface area contributed by atoms with Gasteiger partial charge in [-0.05, 0) is 17.9 Å². The van der Waals surface area contributed by atoms with Gasteiger partial charge in [-0.15, -0.1) is 0 Å². The lowest BCUT2D eigenvalue weighted by Crippen LogP contribution is -2.23. The Morgan fingerprint density at radius 2 is 2.21 bits per heavy atom. The molecule has 0 aromatic carbocycles. The maximum absolute atomic E-state index is 11.6.